The number of sulfone groups is 1. The third kappa shape index (κ3) is 3.23. The minimum absolute atomic E-state index is 0.00239. The summed E-state index contributed by atoms with van der Waals surface area (Å²) in [5, 5.41) is 0. The first-order valence-electron chi connectivity index (χ1n) is 6.59. The van der Waals surface area contributed by atoms with Gasteiger partial charge in [0.2, 0.25) is 5.91 Å². The van der Waals surface area contributed by atoms with Crippen molar-refractivity contribution in [1.29, 1.82) is 0 Å². The first-order valence-corrected chi connectivity index (χ1v) is 8.41. The summed E-state index contributed by atoms with van der Waals surface area (Å²) in [6.07, 6.45) is 3.27. The molecule has 1 aliphatic carbocycles. The molecule has 2 atom stereocenters. The summed E-state index contributed by atoms with van der Waals surface area (Å²) in [5.74, 6) is 0.999. The van der Waals surface area contributed by atoms with Crippen molar-refractivity contribution in [2.75, 3.05) is 25.1 Å². The zero-order valence-corrected chi connectivity index (χ0v) is 11.7. The minimum atomic E-state index is -2.89. The summed E-state index contributed by atoms with van der Waals surface area (Å²) in [4.78, 5) is 13.9. The highest BCUT2D eigenvalue weighted by Gasteiger charge is 2.36. The van der Waals surface area contributed by atoms with Gasteiger partial charge in [-0.3, -0.25) is 4.79 Å². The Morgan fingerprint density at radius 1 is 1.39 bits per heavy atom. The average Bonchev–Trinajstić information content (AvgIpc) is 3.05. The van der Waals surface area contributed by atoms with Crippen molar-refractivity contribution in [3.63, 3.8) is 0 Å². The third-order valence-corrected chi connectivity index (χ3v) is 5.93. The second-order valence-corrected chi connectivity index (χ2v) is 7.85. The van der Waals surface area contributed by atoms with Gasteiger partial charge in [0.05, 0.1) is 11.5 Å². The topological polar surface area (TPSA) is 80.5 Å². The number of likely N-dealkylation sites (N-methyl/N-ethyl adjacent to an activating group) is 1. The maximum Gasteiger partial charge on any atom is 0.222 e. The van der Waals surface area contributed by atoms with E-state index in [0.717, 1.165) is 12.8 Å². The highest BCUT2D eigenvalue weighted by atomic mass is 32.2. The molecule has 0 aromatic rings. The molecule has 18 heavy (non-hydrogen) atoms. The summed E-state index contributed by atoms with van der Waals surface area (Å²) in [6.45, 7) is 0.496. The van der Waals surface area contributed by atoms with Gasteiger partial charge >= 0.3 is 0 Å². The van der Waals surface area contributed by atoms with Crippen LogP contribution in [0.3, 0.4) is 0 Å². The molecule has 2 unspecified atom stereocenters. The summed E-state index contributed by atoms with van der Waals surface area (Å²) in [5.41, 5.74) is 5.71. The second-order valence-electron chi connectivity index (χ2n) is 5.62. The van der Waals surface area contributed by atoms with Gasteiger partial charge in [-0.1, -0.05) is 0 Å². The SMILES string of the molecule is CN(C(=O)CC1CCS(=O)(=O)C1)C(CN)C1CC1. The van der Waals surface area contributed by atoms with Crippen LogP contribution in [0.2, 0.25) is 0 Å². The smallest absolute Gasteiger partial charge is 0.222 e. The van der Waals surface area contributed by atoms with E-state index in [1.165, 1.54) is 0 Å². The Kier molecular flexibility index (Phi) is 3.96. The lowest BCUT2D eigenvalue weighted by Crippen LogP contribution is -2.43. The van der Waals surface area contributed by atoms with Crippen LogP contribution in [0.25, 0.3) is 0 Å². The van der Waals surface area contributed by atoms with Crippen molar-refractivity contribution in [1.82, 2.24) is 4.90 Å². The molecule has 0 spiro atoms. The molecule has 6 heteroatoms. The summed E-state index contributed by atoms with van der Waals surface area (Å²) in [7, 11) is -1.10. The van der Waals surface area contributed by atoms with Gasteiger partial charge in [-0.2, -0.15) is 0 Å². The standard InChI is InChI=1S/C12H22N2O3S/c1-14(11(7-13)10-2-3-10)12(15)6-9-4-5-18(16,17)8-9/h9-11H,2-8,13H2,1H3. The zero-order chi connectivity index (χ0) is 13.3. The van der Waals surface area contributed by atoms with E-state index in [1.807, 2.05) is 0 Å². The molecule has 5 nitrogen and oxygen atoms in total. The van der Waals surface area contributed by atoms with Crippen LogP contribution in [-0.2, 0) is 14.6 Å². The number of nitrogens with two attached hydrogens (primary N) is 1. The highest BCUT2D eigenvalue weighted by molar-refractivity contribution is 7.91. The van der Waals surface area contributed by atoms with Gasteiger partial charge in [-0.25, -0.2) is 8.42 Å². The fourth-order valence-electron chi connectivity index (χ4n) is 2.76. The molecule has 0 aromatic heterocycles. The maximum atomic E-state index is 12.1. The van der Waals surface area contributed by atoms with Crippen molar-refractivity contribution in [2.45, 2.75) is 31.7 Å². The first kappa shape index (κ1) is 13.8. The molecule has 2 fully saturated rings. The van der Waals surface area contributed by atoms with Gasteiger partial charge in [0, 0.05) is 26.1 Å². The van der Waals surface area contributed by atoms with Crippen molar-refractivity contribution in [3.8, 4) is 0 Å². The van der Waals surface area contributed by atoms with E-state index >= 15 is 0 Å². The van der Waals surface area contributed by atoms with Crippen molar-refractivity contribution in [2.24, 2.45) is 17.6 Å². The highest BCUT2D eigenvalue weighted by Crippen LogP contribution is 2.35. The molecular weight excluding hydrogens is 252 g/mol. The van der Waals surface area contributed by atoms with Crippen LogP contribution in [0, 0.1) is 11.8 Å². The Morgan fingerprint density at radius 3 is 2.50 bits per heavy atom. The molecule has 1 saturated heterocycles. The van der Waals surface area contributed by atoms with Gasteiger partial charge in [0.1, 0.15) is 0 Å². The fraction of sp³-hybridized carbons (Fsp3) is 0.917. The molecule has 0 radical (unpaired) electrons. The van der Waals surface area contributed by atoms with Gasteiger partial charge in [0.25, 0.3) is 0 Å². The molecule has 104 valence electrons. The number of carbonyl (C=O) groups excluding carboxylic acids is 1. The van der Waals surface area contributed by atoms with Crippen molar-refractivity contribution in [3.05, 3.63) is 0 Å². The fourth-order valence-corrected chi connectivity index (χ4v) is 4.62. The van der Waals surface area contributed by atoms with E-state index in [9.17, 15) is 13.2 Å². The number of hydrogen-bond donors (Lipinski definition) is 1. The van der Waals surface area contributed by atoms with Crippen LogP contribution in [0.4, 0.5) is 0 Å². The molecule has 0 aromatic carbocycles. The molecule has 2 aliphatic rings. The van der Waals surface area contributed by atoms with Crippen LogP contribution >= 0.6 is 0 Å². The molecule has 2 rings (SSSR count). The van der Waals surface area contributed by atoms with E-state index < -0.39 is 9.84 Å². The molecule has 1 amide bonds. The number of amides is 1. The van der Waals surface area contributed by atoms with Gasteiger partial charge in [-0.05, 0) is 31.1 Å². The maximum absolute atomic E-state index is 12.1. The van der Waals surface area contributed by atoms with Crippen molar-refractivity contribution >= 4 is 15.7 Å². The van der Waals surface area contributed by atoms with Crippen LogP contribution in [0.5, 0.6) is 0 Å². The number of rotatable bonds is 5. The van der Waals surface area contributed by atoms with Crippen LogP contribution < -0.4 is 5.73 Å². The number of nitrogens with zero attached hydrogens (tertiary/aromatic N) is 1. The molecule has 2 N–H and O–H groups in total. The molecule has 1 heterocycles. The van der Waals surface area contributed by atoms with E-state index in [-0.39, 0.29) is 29.4 Å². The lowest BCUT2D eigenvalue weighted by molar-refractivity contribution is -0.133. The predicted octanol–water partition coefficient (Wildman–Crippen LogP) is 0.00690. The quantitative estimate of drug-likeness (QED) is 0.765. The predicted molar refractivity (Wildman–Crippen MR) is 69.7 cm³/mol. The van der Waals surface area contributed by atoms with Gasteiger partial charge in [-0.15, -0.1) is 0 Å². The lowest BCUT2D eigenvalue weighted by atomic mass is 10.0. The van der Waals surface area contributed by atoms with Gasteiger partial charge < -0.3 is 10.6 Å². The lowest BCUT2D eigenvalue weighted by Gasteiger charge is -2.28. The number of hydrogen-bond acceptors (Lipinski definition) is 4. The van der Waals surface area contributed by atoms with Crippen LogP contribution in [0.1, 0.15) is 25.7 Å². The Labute approximate surface area is 109 Å². The monoisotopic (exact) mass is 274 g/mol. The van der Waals surface area contributed by atoms with Crippen molar-refractivity contribution < 1.29 is 13.2 Å². The Hall–Kier alpha value is -0.620. The van der Waals surface area contributed by atoms with Crippen LogP contribution in [-0.4, -0.2) is 50.4 Å². The van der Waals surface area contributed by atoms with Gasteiger partial charge in [0.15, 0.2) is 9.84 Å². The largest absolute Gasteiger partial charge is 0.341 e. The van der Waals surface area contributed by atoms with E-state index in [1.54, 1.807) is 11.9 Å². The normalized spacial score (nSPS) is 28.0. The molecular formula is C12H22N2O3S. The molecule has 1 aliphatic heterocycles. The zero-order valence-electron chi connectivity index (χ0n) is 10.8. The Bertz CT molecular complexity index is 417. The Morgan fingerprint density at radius 2 is 2.06 bits per heavy atom. The third-order valence-electron chi connectivity index (χ3n) is 4.09. The summed E-state index contributed by atoms with van der Waals surface area (Å²) >= 11 is 0. The number of carbonyl (C=O) groups is 1. The first-order chi connectivity index (χ1) is 8.43. The average molecular weight is 274 g/mol. The summed E-state index contributed by atoms with van der Waals surface area (Å²) < 4.78 is 22.7. The molecule has 1 saturated carbocycles. The minimum Gasteiger partial charge on any atom is -0.341 e. The summed E-state index contributed by atoms with van der Waals surface area (Å²) in [6, 6.07) is 0.135. The van der Waals surface area contributed by atoms with E-state index in [2.05, 4.69) is 0 Å². The van der Waals surface area contributed by atoms with E-state index in [0.29, 0.717) is 25.3 Å². The Balaban J connectivity index is 1.87. The van der Waals surface area contributed by atoms with E-state index in [4.69, 9.17) is 5.73 Å². The van der Waals surface area contributed by atoms with Crippen LogP contribution in [0.15, 0.2) is 0 Å². The molecule has 0 bridgehead atoms. The second kappa shape index (κ2) is 5.17.